The maximum Gasteiger partial charge on any atom is 0.275 e. The Balaban J connectivity index is 1.61. The zero-order valence-corrected chi connectivity index (χ0v) is 16.0. The van der Waals surface area contributed by atoms with Gasteiger partial charge in [-0.3, -0.25) is 4.79 Å². The summed E-state index contributed by atoms with van der Waals surface area (Å²) in [5, 5.41) is 17.8. The highest BCUT2D eigenvalue weighted by molar-refractivity contribution is 7.98. The topological polar surface area (TPSA) is 90.9 Å². The van der Waals surface area contributed by atoms with Crippen LogP contribution in [0.3, 0.4) is 0 Å². The summed E-state index contributed by atoms with van der Waals surface area (Å²) in [5.41, 5.74) is 3.76. The van der Waals surface area contributed by atoms with E-state index in [1.54, 1.807) is 11.6 Å². The Bertz CT molecular complexity index is 1160. The van der Waals surface area contributed by atoms with E-state index < -0.39 is 0 Å². The average Bonchev–Trinajstić information content (AvgIpc) is 3.19. The first-order chi connectivity index (χ1) is 12.5. The number of thioether (sulfide) groups is 1. The molecule has 0 aliphatic carbocycles. The highest BCUT2D eigenvalue weighted by Gasteiger charge is 2.14. The summed E-state index contributed by atoms with van der Waals surface area (Å²) in [6, 6.07) is 7.62. The second-order valence-corrected chi connectivity index (χ2v) is 7.86. The number of nitrogens with zero attached hydrogens (tertiary/aromatic N) is 7. The Morgan fingerprint density at radius 1 is 1.19 bits per heavy atom. The van der Waals surface area contributed by atoms with Crippen molar-refractivity contribution in [3.63, 3.8) is 0 Å². The predicted octanol–water partition coefficient (Wildman–Crippen LogP) is 2.34. The van der Waals surface area contributed by atoms with E-state index in [2.05, 4.69) is 38.6 Å². The molecule has 0 aliphatic rings. The lowest BCUT2D eigenvalue weighted by atomic mass is 10.1. The fourth-order valence-electron chi connectivity index (χ4n) is 2.61. The molecule has 0 atom stereocenters. The molecule has 0 saturated heterocycles. The largest absolute Gasteiger partial charge is 0.275 e. The maximum atomic E-state index is 12.0. The molecule has 4 rings (SSSR count). The van der Waals surface area contributed by atoms with Gasteiger partial charge >= 0.3 is 0 Å². The molecule has 4 aromatic rings. The second kappa shape index (κ2) is 6.61. The van der Waals surface area contributed by atoms with Crippen molar-refractivity contribution in [2.45, 2.75) is 31.7 Å². The number of aromatic nitrogens is 7. The minimum Gasteiger partial charge on any atom is -0.267 e. The molecular weight excluding hydrogens is 370 g/mol. The van der Waals surface area contributed by atoms with Gasteiger partial charge in [-0.25, -0.2) is 4.98 Å². The van der Waals surface area contributed by atoms with Crippen molar-refractivity contribution >= 4 is 28.1 Å². The quantitative estimate of drug-likeness (QED) is 0.498. The molecule has 0 amide bonds. The third-order valence-corrected chi connectivity index (χ3v) is 5.78. The van der Waals surface area contributed by atoms with Gasteiger partial charge in [-0.05, 0) is 42.8 Å². The van der Waals surface area contributed by atoms with Crippen LogP contribution in [0.25, 0.3) is 10.6 Å². The van der Waals surface area contributed by atoms with E-state index in [1.807, 2.05) is 19.1 Å². The minimum absolute atomic E-state index is 0.167. The molecule has 8 nitrogen and oxygen atoms in total. The highest BCUT2D eigenvalue weighted by Crippen LogP contribution is 2.25. The molecule has 0 radical (unpaired) electrons. The summed E-state index contributed by atoms with van der Waals surface area (Å²) in [5.74, 6) is 0.553. The molecule has 0 spiro atoms. The van der Waals surface area contributed by atoms with Crippen molar-refractivity contribution in [2.24, 2.45) is 0 Å². The number of fused-ring (bicyclic) bond motifs is 1. The van der Waals surface area contributed by atoms with Gasteiger partial charge in [0.05, 0.1) is 11.4 Å². The summed E-state index contributed by atoms with van der Waals surface area (Å²) in [4.78, 5) is 16.9. The van der Waals surface area contributed by atoms with Crippen molar-refractivity contribution in [3.05, 3.63) is 56.4 Å². The molecule has 3 heterocycles. The van der Waals surface area contributed by atoms with Gasteiger partial charge in [0.1, 0.15) is 5.01 Å². The fraction of sp³-hybridized carbons (Fsp3) is 0.250. The maximum absolute atomic E-state index is 12.0. The third kappa shape index (κ3) is 3.13. The van der Waals surface area contributed by atoms with Gasteiger partial charge in [0.2, 0.25) is 10.1 Å². The van der Waals surface area contributed by atoms with Crippen molar-refractivity contribution in [3.8, 4) is 5.69 Å². The minimum atomic E-state index is -0.167. The molecule has 0 saturated carbocycles. The van der Waals surface area contributed by atoms with Crippen LogP contribution in [-0.2, 0) is 5.75 Å². The molecule has 26 heavy (non-hydrogen) atoms. The number of hydrogen-bond donors (Lipinski definition) is 0. The van der Waals surface area contributed by atoms with Crippen LogP contribution < -0.4 is 5.56 Å². The Hall–Kier alpha value is -2.59. The van der Waals surface area contributed by atoms with Crippen molar-refractivity contribution in [2.75, 3.05) is 0 Å². The van der Waals surface area contributed by atoms with E-state index in [0.29, 0.717) is 21.6 Å². The Morgan fingerprint density at radius 2 is 2.04 bits per heavy atom. The van der Waals surface area contributed by atoms with Crippen molar-refractivity contribution < 1.29 is 0 Å². The van der Waals surface area contributed by atoms with E-state index in [9.17, 15) is 4.79 Å². The van der Waals surface area contributed by atoms with Crippen molar-refractivity contribution in [1.82, 2.24) is 34.8 Å². The van der Waals surface area contributed by atoms with Crippen LogP contribution >= 0.6 is 23.1 Å². The number of rotatable bonds is 4. The van der Waals surface area contributed by atoms with Crippen LogP contribution in [0.2, 0.25) is 0 Å². The monoisotopic (exact) mass is 385 g/mol. The zero-order valence-electron chi connectivity index (χ0n) is 14.4. The normalized spacial score (nSPS) is 11.3. The zero-order chi connectivity index (χ0) is 18.3. The summed E-state index contributed by atoms with van der Waals surface area (Å²) in [6.45, 7) is 5.89. The Labute approximate surface area is 156 Å². The first-order valence-electron chi connectivity index (χ1n) is 7.86. The lowest BCUT2D eigenvalue weighted by Gasteiger charge is -2.07. The van der Waals surface area contributed by atoms with E-state index >= 15 is 0 Å². The first-order valence-corrected chi connectivity index (χ1v) is 9.67. The van der Waals surface area contributed by atoms with Gasteiger partial charge in [0, 0.05) is 11.8 Å². The molecule has 0 fully saturated rings. The third-order valence-electron chi connectivity index (χ3n) is 3.76. The van der Waals surface area contributed by atoms with Crippen LogP contribution in [-0.4, -0.2) is 34.8 Å². The predicted molar refractivity (Wildman–Crippen MR) is 100 cm³/mol. The van der Waals surface area contributed by atoms with E-state index in [0.717, 1.165) is 16.3 Å². The number of benzene rings is 1. The smallest absolute Gasteiger partial charge is 0.267 e. The van der Waals surface area contributed by atoms with Crippen molar-refractivity contribution in [1.29, 1.82) is 0 Å². The molecule has 0 unspecified atom stereocenters. The molecule has 0 aliphatic heterocycles. The van der Waals surface area contributed by atoms with Crippen LogP contribution in [0.15, 0.2) is 34.2 Å². The summed E-state index contributed by atoms with van der Waals surface area (Å²) in [7, 11) is 0. The van der Waals surface area contributed by atoms with Gasteiger partial charge in [0.15, 0.2) is 0 Å². The van der Waals surface area contributed by atoms with E-state index in [-0.39, 0.29) is 5.56 Å². The number of aryl methyl sites for hydroxylation is 3. The van der Waals surface area contributed by atoms with Gasteiger partial charge in [-0.15, -0.1) is 5.10 Å². The van der Waals surface area contributed by atoms with Gasteiger partial charge in [0.25, 0.3) is 5.56 Å². The molecule has 10 heteroatoms. The standard InChI is InChI=1S/C16H15N7OS2/c1-9-4-5-12(10(2)6-9)22-16(18-20-21-22)25-8-13-19-23-14(24)7-11(3)17-15(23)26-13/h4-7H,8H2,1-3H3. The SMILES string of the molecule is Cc1ccc(-n2nnnc2SCc2nn3c(=O)cc(C)nc3s2)c(C)c1. The summed E-state index contributed by atoms with van der Waals surface area (Å²) in [6.07, 6.45) is 0. The molecule has 132 valence electrons. The Kier molecular flexibility index (Phi) is 4.29. The molecular formula is C16H15N7OS2. The molecule has 3 aromatic heterocycles. The van der Waals surface area contributed by atoms with Crippen LogP contribution in [0, 0.1) is 20.8 Å². The average molecular weight is 385 g/mol. The van der Waals surface area contributed by atoms with Gasteiger partial charge < -0.3 is 0 Å². The number of tetrazole rings is 1. The fourth-order valence-corrected chi connectivity index (χ4v) is 4.42. The van der Waals surface area contributed by atoms with Crippen LogP contribution in [0.5, 0.6) is 0 Å². The van der Waals surface area contributed by atoms with E-state index in [1.165, 1.54) is 39.2 Å². The van der Waals surface area contributed by atoms with Crippen LogP contribution in [0.1, 0.15) is 21.8 Å². The first kappa shape index (κ1) is 16.9. The molecule has 0 bridgehead atoms. The summed E-state index contributed by atoms with van der Waals surface area (Å²) < 4.78 is 3.06. The Morgan fingerprint density at radius 3 is 2.85 bits per heavy atom. The van der Waals surface area contributed by atoms with Gasteiger partial charge in [-0.1, -0.05) is 40.8 Å². The van der Waals surface area contributed by atoms with Gasteiger partial charge in [-0.2, -0.15) is 14.3 Å². The van der Waals surface area contributed by atoms with Crippen LogP contribution in [0.4, 0.5) is 0 Å². The summed E-state index contributed by atoms with van der Waals surface area (Å²) >= 11 is 2.87. The van der Waals surface area contributed by atoms with E-state index in [4.69, 9.17) is 0 Å². The lowest BCUT2D eigenvalue weighted by molar-refractivity contribution is 0.751. The second-order valence-electron chi connectivity index (χ2n) is 5.88. The highest BCUT2D eigenvalue weighted by atomic mass is 32.2. The lowest BCUT2D eigenvalue weighted by Crippen LogP contribution is -2.14. The number of hydrogen-bond acceptors (Lipinski definition) is 8. The molecule has 0 N–H and O–H groups in total. The molecule has 1 aromatic carbocycles.